The van der Waals surface area contributed by atoms with Crippen LogP contribution in [0.15, 0.2) is 71.6 Å². The molecule has 0 N–H and O–H groups in total. The van der Waals surface area contributed by atoms with Gasteiger partial charge in [-0.2, -0.15) is 0 Å². The standard InChI is InChI=1S/C27H22ClNO6S/c1-17-3-10-21(11-4-17)34-14-13-29-25(30)24(36-27(29)32)16-18-5-12-22(33-2)23(15-18)35-26(31)19-6-8-20(28)9-7-19/h3-12,15-16H,13-14H2,1-2H3/b24-16-. The van der Waals surface area contributed by atoms with Gasteiger partial charge in [0, 0.05) is 5.02 Å². The number of benzene rings is 3. The van der Waals surface area contributed by atoms with Gasteiger partial charge in [-0.25, -0.2) is 4.79 Å². The van der Waals surface area contributed by atoms with Crippen LogP contribution in [-0.4, -0.2) is 42.3 Å². The minimum absolute atomic E-state index is 0.127. The summed E-state index contributed by atoms with van der Waals surface area (Å²) in [6, 6.07) is 18.7. The van der Waals surface area contributed by atoms with Gasteiger partial charge in [0.15, 0.2) is 11.5 Å². The molecule has 1 heterocycles. The second kappa shape index (κ2) is 11.3. The van der Waals surface area contributed by atoms with E-state index in [0.717, 1.165) is 22.2 Å². The van der Waals surface area contributed by atoms with Gasteiger partial charge in [0.1, 0.15) is 12.4 Å². The molecule has 3 aromatic rings. The first-order chi connectivity index (χ1) is 17.3. The number of hydrogen-bond acceptors (Lipinski definition) is 7. The van der Waals surface area contributed by atoms with Gasteiger partial charge in [-0.05, 0) is 78.9 Å². The van der Waals surface area contributed by atoms with Crippen molar-refractivity contribution < 1.29 is 28.6 Å². The lowest BCUT2D eigenvalue weighted by molar-refractivity contribution is -0.123. The monoisotopic (exact) mass is 523 g/mol. The quantitative estimate of drug-likeness (QED) is 0.204. The molecular formula is C27H22ClNO6S. The smallest absolute Gasteiger partial charge is 0.343 e. The summed E-state index contributed by atoms with van der Waals surface area (Å²) < 4.78 is 16.5. The Morgan fingerprint density at radius 3 is 2.42 bits per heavy atom. The zero-order valence-corrected chi connectivity index (χ0v) is 21.1. The number of methoxy groups -OCH3 is 1. The van der Waals surface area contributed by atoms with Crippen LogP contribution in [0.3, 0.4) is 0 Å². The number of imide groups is 1. The average Bonchev–Trinajstić information content (AvgIpc) is 3.13. The summed E-state index contributed by atoms with van der Waals surface area (Å²) in [5.74, 6) is 0.193. The van der Waals surface area contributed by atoms with E-state index in [-0.39, 0.29) is 29.0 Å². The predicted octanol–water partition coefficient (Wildman–Crippen LogP) is 5.99. The Morgan fingerprint density at radius 1 is 1.00 bits per heavy atom. The van der Waals surface area contributed by atoms with Crippen LogP contribution in [0.2, 0.25) is 5.02 Å². The minimum atomic E-state index is -0.587. The summed E-state index contributed by atoms with van der Waals surface area (Å²) in [4.78, 5) is 39.2. The highest BCUT2D eigenvalue weighted by Crippen LogP contribution is 2.35. The minimum Gasteiger partial charge on any atom is -0.493 e. The molecule has 184 valence electrons. The van der Waals surface area contributed by atoms with Crippen LogP contribution in [-0.2, 0) is 4.79 Å². The van der Waals surface area contributed by atoms with Crippen molar-refractivity contribution in [3.8, 4) is 17.2 Å². The Morgan fingerprint density at radius 2 is 1.72 bits per heavy atom. The summed E-state index contributed by atoms with van der Waals surface area (Å²) in [7, 11) is 1.46. The molecule has 0 unspecified atom stereocenters. The van der Waals surface area contributed by atoms with Crippen molar-refractivity contribution in [2.75, 3.05) is 20.3 Å². The SMILES string of the molecule is COc1ccc(/C=C2\SC(=O)N(CCOc3ccc(C)cc3)C2=O)cc1OC(=O)c1ccc(Cl)cc1. The van der Waals surface area contributed by atoms with Gasteiger partial charge in [0.25, 0.3) is 11.1 Å². The summed E-state index contributed by atoms with van der Waals surface area (Å²) in [6.07, 6.45) is 1.57. The molecular weight excluding hydrogens is 502 g/mol. The molecule has 0 saturated carbocycles. The summed E-state index contributed by atoms with van der Waals surface area (Å²) in [5, 5.41) is 0.128. The van der Waals surface area contributed by atoms with E-state index < -0.39 is 11.9 Å². The second-order valence-corrected chi connectivity index (χ2v) is 9.23. The van der Waals surface area contributed by atoms with Crippen molar-refractivity contribution in [1.82, 2.24) is 4.90 Å². The van der Waals surface area contributed by atoms with Crippen LogP contribution in [0.5, 0.6) is 17.2 Å². The number of carbonyl (C=O) groups is 3. The summed E-state index contributed by atoms with van der Waals surface area (Å²) in [5.41, 5.74) is 2.00. The number of nitrogens with zero attached hydrogens (tertiary/aromatic N) is 1. The molecule has 1 fully saturated rings. The maximum Gasteiger partial charge on any atom is 0.343 e. The van der Waals surface area contributed by atoms with Gasteiger partial charge in [-0.3, -0.25) is 14.5 Å². The molecule has 0 bridgehead atoms. The molecule has 4 rings (SSSR count). The molecule has 1 aliphatic heterocycles. The highest BCUT2D eigenvalue weighted by molar-refractivity contribution is 8.18. The lowest BCUT2D eigenvalue weighted by atomic mass is 10.1. The molecule has 9 heteroatoms. The largest absolute Gasteiger partial charge is 0.493 e. The lowest BCUT2D eigenvalue weighted by Gasteiger charge is -2.13. The van der Waals surface area contributed by atoms with Crippen LogP contribution >= 0.6 is 23.4 Å². The van der Waals surface area contributed by atoms with E-state index in [2.05, 4.69) is 0 Å². The van der Waals surface area contributed by atoms with Gasteiger partial charge in [-0.15, -0.1) is 0 Å². The maximum absolute atomic E-state index is 12.8. The van der Waals surface area contributed by atoms with E-state index in [0.29, 0.717) is 27.6 Å². The predicted molar refractivity (Wildman–Crippen MR) is 139 cm³/mol. The Bertz CT molecular complexity index is 1320. The number of ether oxygens (including phenoxy) is 3. The van der Waals surface area contributed by atoms with Gasteiger partial charge in [0.05, 0.1) is 24.1 Å². The van der Waals surface area contributed by atoms with Crippen molar-refractivity contribution in [2.45, 2.75) is 6.92 Å². The Labute approximate surface area is 217 Å². The Balaban J connectivity index is 1.45. The van der Waals surface area contributed by atoms with Gasteiger partial charge < -0.3 is 14.2 Å². The number of rotatable bonds is 8. The Hall–Kier alpha value is -3.75. The number of aryl methyl sites for hydroxylation is 1. The third kappa shape index (κ3) is 6.08. The molecule has 0 radical (unpaired) electrons. The van der Waals surface area contributed by atoms with E-state index in [1.165, 1.54) is 7.11 Å². The molecule has 1 aliphatic rings. The fraction of sp³-hybridized carbons (Fsp3) is 0.148. The third-order valence-corrected chi connectivity index (χ3v) is 6.41. The normalized spacial score (nSPS) is 14.3. The fourth-order valence-corrected chi connectivity index (χ4v) is 4.33. The van der Waals surface area contributed by atoms with E-state index in [1.54, 1.807) is 48.5 Å². The van der Waals surface area contributed by atoms with Crippen LogP contribution in [0.25, 0.3) is 6.08 Å². The molecule has 0 atom stereocenters. The second-order valence-electron chi connectivity index (χ2n) is 7.80. The topological polar surface area (TPSA) is 82.1 Å². The van der Waals surface area contributed by atoms with Gasteiger partial charge in [0.2, 0.25) is 0 Å². The number of carbonyl (C=O) groups excluding carboxylic acids is 3. The molecule has 0 spiro atoms. The van der Waals surface area contributed by atoms with E-state index >= 15 is 0 Å². The number of halogens is 1. The number of amides is 2. The maximum atomic E-state index is 12.8. The van der Waals surface area contributed by atoms with Gasteiger partial charge in [-0.1, -0.05) is 35.4 Å². The highest BCUT2D eigenvalue weighted by atomic mass is 35.5. The van der Waals surface area contributed by atoms with Crippen molar-refractivity contribution in [1.29, 1.82) is 0 Å². The van der Waals surface area contributed by atoms with E-state index in [9.17, 15) is 14.4 Å². The zero-order valence-electron chi connectivity index (χ0n) is 19.5. The fourth-order valence-electron chi connectivity index (χ4n) is 3.34. The average molecular weight is 524 g/mol. The van der Waals surface area contributed by atoms with Crippen LogP contribution in [0.4, 0.5) is 4.79 Å². The van der Waals surface area contributed by atoms with Crippen molar-refractivity contribution in [2.24, 2.45) is 0 Å². The molecule has 2 amide bonds. The van der Waals surface area contributed by atoms with E-state index in [4.69, 9.17) is 25.8 Å². The van der Waals surface area contributed by atoms with Gasteiger partial charge >= 0.3 is 5.97 Å². The first-order valence-electron chi connectivity index (χ1n) is 10.9. The number of esters is 1. The van der Waals surface area contributed by atoms with Crippen LogP contribution in [0, 0.1) is 6.92 Å². The molecule has 0 aliphatic carbocycles. The first-order valence-corrected chi connectivity index (χ1v) is 12.1. The first kappa shape index (κ1) is 25.3. The zero-order chi connectivity index (χ0) is 25.7. The molecule has 0 aromatic heterocycles. The molecule has 3 aromatic carbocycles. The van der Waals surface area contributed by atoms with Crippen molar-refractivity contribution in [3.63, 3.8) is 0 Å². The Kier molecular flexibility index (Phi) is 7.97. The molecule has 7 nitrogen and oxygen atoms in total. The number of hydrogen-bond donors (Lipinski definition) is 0. The number of thioether (sulfide) groups is 1. The third-order valence-electron chi connectivity index (χ3n) is 5.25. The van der Waals surface area contributed by atoms with Crippen molar-refractivity contribution in [3.05, 3.63) is 93.3 Å². The summed E-state index contributed by atoms with van der Waals surface area (Å²) >= 11 is 6.72. The van der Waals surface area contributed by atoms with Crippen LogP contribution < -0.4 is 14.2 Å². The van der Waals surface area contributed by atoms with Crippen molar-refractivity contribution >= 4 is 46.6 Å². The lowest BCUT2D eigenvalue weighted by Crippen LogP contribution is -2.32. The van der Waals surface area contributed by atoms with Crippen LogP contribution in [0.1, 0.15) is 21.5 Å². The van der Waals surface area contributed by atoms with E-state index in [1.807, 2.05) is 31.2 Å². The molecule has 36 heavy (non-hydrogen) atoms. The summed E-state index contributed by atoms with van der Waals surface area (Å²) in [6.45, 7) is 2.29. The molecule has 1 saturated heterocycles. The highest BCUT2D eigenvalue weighted by Gasteiger charge is 2.34.